The van der Waals surface area contributed by atoms with Crippen LogP contribution in [0.5, 0.6) is 0 Å². The van der Waals surface area contributed by atoms with E-state index in [2.05, 4.69) is 17.0 Å². The van der Waals surface area contributed by atoms with Crippen molar-refractivity contribution in [1.29, 1.82) is 0 Å². The summed E-state index contributed by atoms with van der Waals surface area (Å²) in [5, 5.41) is 10.1. The molecular formula is C21H29N3O3. The second-order valence-corrected chi connectivity index (χ2v) is 8.17. The smallest absolute Gasteiger partial charge is 0.258 e. The predicted octanol–water partition coefficient (Wildman–Crippen LogP) is 1.49. The lowest BCUT2D eigenvalue weighted by Crippen LogP contribution is -2.47. The Morgan fingerprint density at radius 3 is 2.70 bits per heavy atom. The van der Waals surface area contributed by atoms with E-state index in [1.807, 2.05) is 17.6 Å². The lowest BCUT2D eigenvalue weighted by atomic mass is 9.88. The van der Waals surface area contributed by atoms with Gasteiger partial charge in [-0.05, 0) is 43.5 Å². The normalized spacial score (nSPS) is 29.6. The van der Waals surface area contributed by atoms with Crippen LogP contribution in [0.1, 0.15) is 43.5 Å². The van der Waals surface area contributed by atoms with Crippen molar-refractivity contribution in [2.75, 3.05) is 27.2 Å². The number of aromatic nitrogens is 1. The molecule has 6 heteroatoms. The number of rotatable bonds is 4. The lowest BCUT2D eigenvalue weighted by molar-refractivity contribution is -0.135. The minimum atomic E-state index is -0.328. The monoisotopic (exact) mass is 371 g/mol. The van der Waals surface area contributed by atoms with Crippen molar-refractivity contribution < 1.29 is 9.90 Å². The molecule has 27 heavy (non-hydrogen) atoms. The molecule has 1 amide bonds. The zero-order valence-corrected chi connectivity index (χ0v) is 16.4. The Balaban J connectivity index is 1.76. The maximum absolute atomic E-state index is 13.2. The fourth-order valence-electron chi connectivity index (χ4n) is 5.39. The average molecular weight is 371 g/mol. The molecule has 4 rings (SSSR count). The maximum Gasteiger partial charge on any atom is 0.258 e. The number of amides is 1. The van der Waals surface area contributed by atoms with E-state index in [1.54, 1.807) is 19.0 Å². The number of likely N-dealkylation sites (tertiary alicyclic amines) is 1. The first kappa shape index (κ1) is 18.4. The Morgan fingerprint density at radius 1 is 1.33 bits per heavy atom. The molecule has 1 aliphatic carbocycles. The summed E-state index contributed by atoms with van der Waals surface area (Å²) in [5.41, 5.74) is 3.06. The highest BCUT2D eigenvalue weighted by Gasteiger charge is 2.55. The van der Waals surface area contributed by atoms with Gasteiger partial charge in [-0.25, -0.2) is 0 Å². The number of aliphatic hydroxyl groups is 1. The summed E-state index contributed by atoms with van der Waals surface area (Å²) in [6.07, 6.45) is 5.32. The topological polar surface area (TPSA) is 65.8 Å². The Labute approximate surface area is 160 Å². The number of fused-ring (bicyclic) bond motifs is 3. The van der Waals surface area contributed by atoms with Crippen molar-refractivity contribution in [3.05, 3.63) is 39.8 Å². The van der Waals surface area contributed by atoms with Crippen molar-refractivity contribution in [2.24, 2.45) is 11.8 Å². The number of hydrogen-bond acceptors (Lipinski definition) is 4. The van der Waals surface area contributed by atoms with Crippen LogP contribution in [0.3, 0.4) is 0 Å². The maximum atomic E-state index is 13.2. The summed E-state index contributed by atoms with van der Waals surface area (Å²) in [6.45, 7) is 3.30. The van der Waals surface area contributed by atoms with Crippen LogP contribution >= 0.6 is 0 Å². The second-order valence-electron chi connectivity index (χ2n) is 8.17. The van der Waals surface area contributed by atoms with Crippen molar-refractivity contribution in [3.63, 3.8) is 0 Å². The van der Waals surface area contributed by atoms with Crippen LogP contribution < -0.4 is 5.56 Å². The Hall–Kier alpha value is -1.92. The number of allylic oxidation sites excluding steroid dienone is 2. The molecule has 1 saturated heterocycles. The first-order chi connectivity index (χ1) is 13.0. The third-order valence-electron chi connectivity index (χ3n) is 6.64. The third kappa shape index (κ3) is 2.69. The van der Waals surface area contributed by atoms with Crippen molar-refractivity contribution in [2.45, 2.75) is 44.8 Å². The zero-order chi connectivity index (χ0) is 19.3. The zero-order valence-electron chi connectivity index (χ0n) is 16.4. The molecule has 0 unspecified atom stereocenters. The van der Waals surface area contributed by atoms with Crippen LogP contribution in [0.2, 0.25) is 0 Å². The van der Waals surface area contributed by atoms with Crippen molar-refractivity contribution >= 4 is 11.5 Å². The Morgan fingerprint density at radius 2 is 2.11 bits per heavy atom. The number of nitrogens with zero attached hydrogens (tertiary/aromatic N) is 3. The number of likely N-dealkylation sites (N-methyl/N-ethyl adjacent to an activating group) is 2. The van der Waals surface area contributed by atoms with Crippen LogP contribution in [-0.4, -0.2) is 58.7 Å². The molecule has 0 saturated carbocycles. The molecule has 0 aromatic carbocycles. The summed E-state index contributed by atoms with van der Waals surface area (Å²) in [6, 6.07) is 3.72. The Bertz CT molecular complexity index is 842. The van der Waals surface area contributed by atoms with Gasteiger partial charge >= 0.3 is 0 Å². The second kappa shape index (κ2) is 6.91. The molecule has 6 nitrogen and oxygen atoms in total. The standard InChI is InChI=1S/C21H29N3O3/c1-4-23-18-15(16(12-25)19(23)21(27)22(2)3)11-24-17(18)10-9-14(20(24)26)13-7-5-6-8-13/h7,9-10,15-16,18-19,25H,4-6,8,11-12H2,1-3H3/t15-,16-,18+,19-/m1/s1. The summed E-state index contributed by atoms with van der Waals surface area (Å²) in [4.78, 5) is 29.8. The minimum absolute atomic E-state index is 0.0142. The van der Waals surface area contributed by atoms with Gasteiger partial charge in [-0.2, -0.15) is 0 Å². The predicted molar refractivity (Wildman–Crippen MR) is 104 cm³/mol. The van der Waals surface area contributed by atoms with Crippen LogP contribution in [-0.2, 0) is 11.3 Å². The van der Waals surface area contributed by atoms with E-state index in [-0.39, 0.29) is 42.0 Å². The molecule has 3 heterocycles. The average Bonchev–Trinajstić information content (AvgIpc) is 3.35. The van der Waals surface area contributed by atoms with Gasteiger partial charge in [0.25, 0.3) is 5.56 Å². The molecule has 146 valence electrons. The van der Waals surface area contributed by atoms with E-state index in [9.17, 15) is 14.7 Å². The van der Waals surface area contributed by atoms with Gasteiger partial charge in [-0.3, -0.25) is 14.5 Å². The summed E-state index contributed by atoms with van der Waals surface area (Å²) in [5.74, 6) is -0.0328. The fraction of sp³-hybridized carbons (Fsp3) is 0.619. The van der Waals surface area contributed by atoms with Crippen LogP contribution in [0, 0.1) is 11.8 Å². The molecule has 1 aromatic heterocycles. The first-order valence-electron chi connectivity index (χ1n) is 10.0. The van der Waals surface area contributed by atoms with E-state index in [0.717, 1.165) is 30.5 Å². The minimum Gasteiger partial charge on any atom is -0.396 e. The number of pyridine rings is 1. The molecule has 1 aromatic rings. The molecule has 4 atom stereocenters. The summed E-state index contributed by atoms with van der Waals surface area (Å²) < 4.78 is 1.89. The van der Waals surface area contributed by atoms with E-state index in [1.165, 1.54) is 5.57 Å². The molecular weight excluding hydrogens is 342 g/mol. The highest BCUT2D eigenvalue weighted by molar-refractivity contribution is 5.82. The molecule has 2 aliphatic heterocycles. The van der Waals surface area contributed by atoms with Gasteiger partial charge in [0, 0.05) is 50.3 Å². The van der Waals surface area contributed by atoms with Gasteiger partial charge in [0.1, 0.15) is 0 Å². The lowest BCUT2D eigenvalue weighted by Gasteiger charge is -2.31. The van der Waals surface area contributed by atoms with Gasteiger partial charge in [-0.15, -0.1) is 0 Å². The largest absolute Gasteiger partial charge is 0.396 e. The molecule has 0 bridgehead atoms. The molecule has 3 aliphatic rings. The number of carbonyl (C=O) groups is 1. The van der Waals surface area contributed by atoms with Gasteiger partial charge in [-0.1, -0.05) is 13.0 Å². The van der Waals surface area contributed by atoms with Crippen molar-refractivity contribution in [3.8, 4) is 0 Å². The van der Waals surface area contributed by atoms with Crippen molar-refractivity contribution in [1.82, 2.24) is 14.4 Å². The number of aliphatic hydroxyl groups excluding tert-OH is 1. The SMILES string of the molecule is CCN1[C@@H]2c3ccc(C4=CCCC4)c(=O)n3C[C@@H]2[C@@H](CO)[C@@H]1C(=O)N(C)C. The van der Waals surface area contributed by atoms with E-state index >= 15 is 0 Å². The molecule has 0 radical (unpaired) electrons. The van der Waals surface area contributed by atoms with Gasteiger partial charge in [0.2, 0.25) is 5.91 Å². The molecule has 1 fully saturated rings. The van der Waals surface area contributed by atoms with Gasteiger partial charge in [0.05, 0.1) is 12.1 Å². The van der Waals surface area contributed by atoms with Crippen LogP contribution in [0.15, 0.2) is 23.0 Å². The van der Waals surface area contributed by atoms with Gasteiger partial charge < -0.3 is 14.6 Å². The first-order valence-corrected chi connectivity index (χ1v) is 10.0. The molecule has 0 spiro atoms. The highest BCUT2D eigenvalue weighted by Crippen LogP contribution is 2.49. The highest BCUT2D eigenvalue weighted by atomic mass is 16.3. The van der Waals surface area contributed by atoms with Crippen LogP contribution in [0.25, 0.3) is 5.57 Å². The summed E-state index contributed by atoms with van der Waals surface area (Å²) >= 11 is 0. The van der Waals surface area contributed by atoms with E-state index in [4.69, 9.17) is 0 Å². The third-order valence-corrected chi connectivity index (χ3v) is 6.64. The molecule has 1 N–H and O–H groups in total. The quantitative estimate of drug-likeness (QED) is 0.871. The number of carbonyl (C=O) groups excluding carboxylic acids is 1. The van der Waals surface area contributed by atoms with E-state index < -0.39 is 0 Å². The fourth-order valence-corrected chi connectivity index (χ4v) is 5.39. The van der Waals surface area contributed by atoms with E-state index in [0.29, 0.717) is 13.1 Å². The summed E-state index contributed by atoms with van der Waals surface area (Å²) in [7, 11) is 3.53. The number of hydrogen-bond donors (Lipinski definition) is 1. The van der Waals surface area contributed by atoms with Crippen LogP contribution in [0.4, 0.5) is 0 Å². The Kier molecular flexibility index (Phi) is 4.72. The van der Waals surface area contributed by atoms with Gasteiger partial charge in [0.15, 0.2) is 0 Å².